The molecule has 0 bridgehead atoms. The van der Waals surface area contributed by atoms with E-state index in [1.165, 1.54) is 25.3 Å². The Bertz CT molecular complexity index is 399. The minimum atomic E-state index is -1.35. The molecule has 16 heavy (non-hydrogen) atoms. The van der Waals surface area contributed by atoms with Crippen LogP contribution in [0.3, 0.4) is 0 Å². The summed E-state index contributed by atoms with van der Waals surface area (Å²) in [5, 5.41) is 18.6. The van der Waals surface area contributed by atoms with Gasteiger partial charge in [-0.05, 0) is 18.2 Å². The fraction of sp³-hybridized carbons (Fsp3) is 0.273. The van der Waals surface area contributed by atoms with Crippen molar-refractivity contribution in [3.8, 4) is 11.5 Å². The molecule has 1 aromatic rings. The zero-order chi connectivity index (χ0) is 12.1. The van der Waals surface area contributed by atoms with E-state index in [4.69, 9.17) is 4.74 Å². The number of ether oxygens (including phenoxy) is 1. The van der Waals surface area contributed by atoms with Gasteiger partial charge >= 0.3 is 0 Å². The third kappa shape index (κ3) is 2.58. The molecule has 0 aliphatic heterocycles. The van der Waals surface area contributed by atoms with E-state index < -0.39 is 11.9 Å². The van der Waals surface area contributed by atoms with Crippen LogP contribution in [0.1, 0.15) is 16.8 Å². The second kappa shape index (κ2) is 5.27. The number of Topliss-reactive ketones (excluding diaryl/α,β-unsaturated/α-hetero) is 1. The smallest absolute Gasteiger partial charge is 0.191 e. The lowest BCUT2D eigenvalue weighted by molar-refractivity contribution is -0.109. The van der Waals surface area contributed by atoms with Gasteiger partial charge in [-0.2, -0.15) is 0 Å². The maximum absolute atomic E-state index is 11.6. The fourth-order valence-corrected chi connectivity index (χ4v) is 1.22. The highest BCUT2D eigenvalue weighted by Gasteiger charge is 2.17. The average Bonchev–Trinajstić information content (AvgIpc) is 2.29. The first-order chi connectivity index (χ1) is 7.60. The summed E-state index contributed by atoms with van der Waals surface area (Å²) in [5.74, 6) is -0.529. The van der Waals surface area contributed by atoms with Crippen LogP contribution in [0.15, 0.2) is 18.2 Å². The number of aromatic hydroxyl groups is 1. The number of carbonyl (C=O) groups is 2. The number of rotatable bonds is 5. The molecule has 1 unspecified atom stereocenters. The van der Waals surface area contributed by atoms with Crippen LogP contribution in [0.4, 0.5) is 0 Å². The minimum Gasteiger partial charge on any atom is -0.504 e. The molecule has 0 aliphatic carbocycles. The molecule has 0 radical (unpaired) electrons. The van der Waals surface area contributed by atoms with E-state index in [0.29, 0.717) is 6.29 Å². The van der Waals surface area contributed by atoms with E-state index in [1.54, 1.807) is 0 Å². The van der Waals surface area contributed by atoms with Gasteiger partial charge in [-0.15, -0.1) is 0 Å². The van der Waals surface area contributed by atoms with Crippen molar-refractivity contribution in [1.82, 2.24) is 0 Å². The molecule has 1 rings (SSSR count). The number of phenols is 1. The molecule has 86 valence electrons. The number of phenolic OH excluding ortho intramolecular Hbond substituents is 1. The first-order valence-corrected chi connectivity index (χ1v) is 4.63. The standard InChI is InChI=1S/C11H12O5/c1-16-10-6-7(2-3-8(10)13)11(15)9(14)4-5-12/h2-3,5-6,9,13-14H,4H2,1H3. The summed E-state index contributed by atoms with van der Waals surface area (Å²) >= 11 is 0. The summed E-state index contributed by atoms with van der Waals surface area (Å²) in [5.41, 5.74) is 0.184. The van der Waals surface area contributed by atoms with Gasteiger partial charge in [0.2, 0.25) is 0 Å². The Morgan fingerprint density at radius 3 is 2.81 bits per heavy atom. The fourth-order valence-electron chi connectivity index (χ4n) is 1.22. The number of carbonyl (C=O) groups excluding carboxylic acids is 2. The lowest BCUT2D eigenvalue weighted by Crippen LogP contribution is -2.20. The Kier molecular flexibility index (Phi) is 4.02. The van der Waals surface area contributed by atoms with Gasteiger partial charge in [0, 0.05) is 12.0 Å². The molecule has 0 fully saturated rings. The summed E-state index contributed by atoms with van der Waals surface area (Å²) in [6.07, 6.45) is -1.13. The van der Waals surface area contributed by atoms with Crippen molar-refractivity contribution in [3.05, 3.63) is 23.8 Å². The van der Waals surface area contributed by atoms with Crippen molar-refractivity contribution in [2.75, 3.05) is 7.11 Å². The highest BCUT2D eigenvalue weighted by Crippen LogP contribution is 2.26. The first-order valence-electron chi connectivity index (χ1n) is 4.63. The SMILES string of the molecule is COc1cc(C(=O)C(O)CC=O)ccc1O. The molecule has 0 aliphatic rings. The molecule has 5 nitrogen and oxygen atoms in total. The van der Waals surface area contributed by atoms with E-state index in [9.17, 15) is 19.8 Å². The van der Waals surface area contributed by atoms with Crippen molar-refractivity contribution in [1.29, 1.82) is 0 Å². The summed E-state index contributed by atoms with van der Waals surface area (Å²) in [6, 6.07) is 3.96. The normalized spacial score (nSPS) is 11.9. The number of methoxy groups -OCH3 is 1. The largest absolute Gasteiger partial charge is 0.504 e. The van der Waals surface area contributed by atoms with Gasteiger partial charge in [0.05, 0.1) is 7.11 Å². The number of ketones is 1. The maximum atomic E-state index is 11.6. The minimum absolute atomic E-state index is 0.0936. The number of aliphatic hydroxyl groups is 1. The van der Waals surface area contributed by atoms with Gasteiger partial charge in [0.1, 0.15) is 12.4 Å². The van der Waals surface area contributed by atoms with Gasteiger partial charge in [-0.3, -0.25) is 4.79 Å². The topological polar surface area (TPSA) is 83.8 Å². The van der Waals surface area contributed by atoms with Crippen LogP contribution in [0.25, 0.3) is 0 Å². The van der Waals surface area contributed by atoms with Gasteiger partial charge in [0.25, 0.3) is 0 Å². The van der Waals surface area contributed by atoms with E-state index >= 15 is 0 Å². The van der Waals surface area contributed by atoms with Crippen LogP contribution in [-0.2, 0) is 4.79 Å². The van der Waals surface area contributed by atoms with E-state index in [1.807, 2.05) is 0 Å². The number of aldehydes is 1. The van der Waals surface area contributed by atoms with Gasteiger partial charge in [0.15, 0.2) is 17.3 Å². The molecule has 1 aromatic carbocycles. The van der Waals surface area contributed by atoms with Crippen LogP contribution >= 0.6 is 0 Å². The molecule has 2 N–H and O–H groups in total. The highest BCUT2D eigenvalue weighted by atomic mass is 16.5. The van der Waals surface area contributed by atoms with Gasteiger partial charge in [-0.25, -0.2) is 0 Å². The van der Waals surface area contributed by atoms with Crippen molar-refractivity contribution in [2.24, 2.45) is 0 Å². The van der Waals surface area contributed by atoms with Crippen LogP contribution in [0.2, 0.25) is 0 Å². The van der Waals surface area contributed by atoms with E-state index in [-0.39, 0.29) is 23.5 Å². The van der Waals surface area contributed by atoms with Crippen LogP contribution in [-0.4, -0.2) is 35.5 Å². The molecule has 0 aromatic heterocycles. The Morgan fingerprint density at radius 1 is 1.56 bits per heavy atom. The molecule has 1 atom stereocenters. The summed E-state index contributed by atoms with van der Waals surface area (Å²) < 4.78 is 4.82. The molecule has 0 heterocycles. The second-order valence-corrected chi connectivity index (χ2v) is 3.17. The summed E-state index contributed by atoms with van der Waals surface area (Å²) in [7, 11) is 1.35. The number of aliphatic hydroxyl groups excluding tert-OH is 1. The molecule has 0 saturated carbocycles. The van der Waals surface area contributed by atoms with Gasteiger partial charge < -0.3 is 19.7 Å². The van der Waals surface area contributed by atoms with E-state index in [2.05, 4.69) is 0 Å². The Morgan fingerprint density at radius 2 is 2.25 bits per heavy atom. The third-order valence-corrected chi connectivity index (χ3v) is 2.09. The molecule has 0 spiro atoms. The van der Waals surface area contributed by atoms with E-state index in [0.717, 1.165) is 0 Å². The Labute approximate surface area is 92.3 Å². The lowest BCUT2D eigenvalue weighted by atomic mass is 10.0. The van der Waals surface area contributed by atoms with Crippen molar-refractivity contribution in [2.45, 2.75) is 12.5 Å². The molecular weight excluding hydrogens is 212 g/mol. The number of hydrogen-bond acceptors (Lipinski definition) is 5. The number of hydrogen-bond donors (Lipinski definition) is 2. The molecular formula is C11H12O5. The van der Waals surface area contributed by atoms with Crippen molar-refractivity contribution < 1.29 is 24.5 Å². The second-order valence-electron chi connectivity index (χ2n) is 3.17. The molecule has 5 heteroatoms. The quantitative estimate of drug-likeness (QED) is 0.563. The van der Waals surface area contributed by atoms with Crippen molar-refractivity contribution in [3.63, 3.8) is 0 Å². The lowest BCUT2D eigenvalue weighted by Gasteiger charge is -2.08. The van der Waals surface area contributed by atoms with Crippen LogP contribution < -0.4 is 4.74 Å². The number of benzene rings is 1. The monoisotopic (exact) mass is 224 g/mol. The van der Waals surface area contributed by atoms with Gasteiger partial charge in [-0.1, -0.05) is 0 Å². The predicted molar refractivity (Wildman–Crippen MR) is 55.7 cm³/mol. The molecule has 0 saturated heterocycles. The Balaban J connectivity index is 2.96. The predicted octanol–water partition coefficient (Wildman–Crippen LogP) is 0.533. The first kappa shape index (κ1) is 12.2. The zero-order valence-corrected chi connectivity index (χ0v) is 8.71. The van der Waals surface area contributed by atoms with Crippen LogP contribution in [0, 0.1) is 0 Å². The maximum Gasteiger partial charge on any atom is 0.191 e. The highest BCUT2D eigenvalue weighted by molar-refractivity contribution is 6.00. The average molecular weight is 224 g/mol. The summed E-state index contributed by atoms with van der Waals surface area (Å²) in [4.78, 5) is 21.7. The summed E-state index contributed by atoms with van der Waals surface area (Å²) in [6.45, 7) is 0. The molecule has 0 amide bonds. The van der Waals surface area contributed by atoms with Crippen LogP contribution in [0.5, 0.6) is 11.5 Å². The van der Waals surface area contributed by atoms with Crippen molar-refractivity contribution >= 4 is 12.1 Å². The Hall–Kier alpha value is -1.88. The zero-order valence-electron chi connectivity index (χ0n) is 8.71. The third-order valence-electron chi connectivity index (χ3n) is 2.09.